The third-order valence-electron chi connectivity index (χ3n) is 11.2. The highest BCUT2D eigenvalue weighted by Crippen LogP contribution is 2.44. The zero-order valence-electron chi connectivity index (χ0n) is 32.0. The predicted molar refractivity (Wildman–Crippen MR) is 243 cm³/mol. The van der Waals surface area contributed by atoms with E-state index in [1.54, 1.807) is 0 Å². The number of hydrogen-bond donors (Lipinski definition) is 0. The summed E-state index contributed by atoms with van der Waals surface area (Å²) in [4.78, 5) is 15.0. The molecule has 11 rings (SSSR count). The number of hydrogen-bond acceptors (Lipinski definition) is 4. The van der Waals surface area contributed by atoms with Gasteiger partial charge in [0.1, 0.15) is 11.2 Å². The summed E-state index contributed by atoms with van der Waals surface area (Å²) in [7, 11) is 0. The zero-order valence-corrected chi connectivity index (χ0v) is 32.0. The van der Waals surface area contributed by atoms with Gasteiger partial charge in [-0.25, -0.2) is 15.0 Å². The van der Waals surface area contributed by atoms with Crippen LogP contribution in [-0.4, -0.2) is 15.0 Å². The van der Waals surface area contributed by atoms with Gasteiger partial charge in [-0.05, 0) is 50.4 Å². The molecule has 0 amide bonds. The second-order valence-electron chi connectivity index (χ2n) is 14.7. The Morgan fingerprint density at radius 3 is 1.25 bits per heavy atom. The zero-order chi connectivity index (χ0) is 39.1. The van der Waals surface area contributed by atoms with E-state index < -0.39 is 0 Å². The van der Waals surface area contributed by atoms with E-state index in [1.165, 1.54) is 16.7 Å². The van der Waals surface area contributed by atoms with E-state index in [4.69, 9.17) is 19.4 Å². The molecule has 276 valence electrons. The number of fused-ring (bicyclic) bond motifs is 5. The number of rotatable bonds is 7. The summed E-state index contributed by atoms with van der Waals surface area (Å²) >= 11 is 0. The van der Waals surface area contributed by atoms with Crippen LogP contribution >= 0.6 is 0 Å². The molecule has 59 heavy (non-hydrogen) atoms. The lowest BCUT2D eigenvalue weighted by atomic mass is 9.92. The summed E-state index contributed by atoms with van der Waals surface area (Å²) in [6.45, 7) is 0. The molecule has 2 aromatic heterocycles. The highest BCUT2D eigenvalue weighted by Gasteiger charge is 2.19. The Morgan fingerprint density at radius 2 is 0.627 bits per heavy atom. The SMILES string of the molecule is c1ccc(-c2ccc(-c3nc(-c4ccccc4)nc(-c4ccc(-c5cc6c7cccc(-c8ccccc8-c8ccccc8)c7oc6c6ccccc56)cc4)n3)cc2)cc1. The summed E-state index contributed by atoms with van der Waals surface area (Å²) in [5.41, 5.74) is 13.7. The average Bonchev–Trinajstić information content (AvgIpc) is 3.71. The second-order valence-corrected chi connectivity index (χ2v) is 14.7. The Morgan fingerprint density at radius 1 is 0.237 bits per heavy atom. The number of furan rings is 1. The van der Waals surface area contributed by atoms with Gasteiger partial charge in [0.05, 0.1) is 0 Å². The van der Waals surface area contributed by atoms with Crippen molar-refractivity contribution in [2.75, 3.05) is 0 Å². The van der Waals surface area contributed by atoms with E-state index in [9.17, 15) is 0 Å². The molecule has 11 aromatic rings. The predicted octanol–water partition coefficient (Wildman–Crippen LogP) is 14.6. The van der Waals surface area contributed by atoms with Crippen molar-refractivity contribution >= 4 is 32.7 Å². The molecule has 0 fully saturated rings. The van der Waals surface area contributed by atoms with Gasteiger partial charge in [-0.2, -0.15) is 0 Å². The number of para-hydroxylation sites is 1. The molecule has 0 aliphatic rings. The van der Waals surface area contributed by atoms with Crippen molar-refractivity contribution in [1.82, 2.24) is 15.0 Å². The average molecular weight is 754 g/mol. The summed E-state index contributed by atoms with van der Waals surface area (Å²) < 4.78 is 6.91. The molecule has 0 spiro atoms. The van der Waals surface area contributed by atoms with Gasteiger partial charge in [0.2, 0.25) is 0 Å². The van der Waals surface area contributed by atoms with Crippen LogP contribution in [-0.2, 0) is 0 Å². The van der Waals surface area contributed by atoms with Crippen LogP contribution in [0.3, 0.4) is 0 Å². The fourth-order valence-electron chi connectivity index (χ4n) is 8.25. The maximum absolute atomic E-state index is 6.91. The molecule has 0 bridgehead atoms. The van der Waals surface area contributed by atoms with Crippen molar-refractivity contribution in [3.05, 3.63) is 212 Å². The summed E-state index contributed by atoms with van der Waals surface area (Å²) in [5, 5.41) is 4.39. The van der Waals surface area contributed by atoms with Crippen molar-refractivity contribution in [3.8, 4) is 78.7 Å². The van der Waals surface area contributed by atoms with Crippen molar-refractivity contribution in [2.45, 2.75) is 0 Å². The van der Waals surface area contributed by atoms with E-state index in [1.807, 2.05) is 36.4 Å². The summed E-state index contributed by atoms with van der Waals surface area (Å²) in [5.74, 6) is 1.89. The number of aromatic nitrogens is 3. The summed E-state index contributed by atoms with van der Waals surface area (Å²) in [6.07, 6.45) is 0. The van der Waals surface area contributed by atoms with E-state index in [-0.39, 0.29) is 0 Å². The normalized spacial score (nSPS) is 11.4. The van der Waals surface area contributed by atoms with Crippen LogP contribution in [0.2, 0.25) is 0 Å². The highest BCUT2D eigenvalue weighted by atomic mass is 16.3. The van der Waals surface area contributed by atoms with E-state index in [0.717, 1.165) is 77.2 Å². The minimum absolute atomic E-state index is 0.622. The minimum atomic E-state index is 0.622. The first kappa shape index (κ1) is 34.3. The number of benzene rings is 9. The third-order valence-corrected chi connectivity index (χ3v) is 11.2. The summed E-state index contributed by atoms with van der Waals surface area (Å²) in [6, 6.07) is 73.9. The molecule has 0 N–H and O–H groups in total. The lowest BCUT2D eigenvalue weighted by Gasteiger charge is -2.11. The lowest BCUT2D eigenvalue weighted by Crippen LogP contribution is -2.00. The van der Waals surface area contributed by atoms with Crippen LogP contribution in [0, 0.1) is 0 Å². The van der Waals surface area contributed by atoms with Gasteiger partial charge in [0.15, 0.2) is 17.5 Å². The van der Waals surface area contributed by atoms with Crippen molar-refractivity contribution in [2.24, 2.45) is 0 Å². The van der Waals surface area contributed by atoms with Gasteiger partial charge in [-0.1, -0.05) is 206 Å². The van der Waals surface area contributed by atoms with Crippen LogP contribution in [0.1, 0.15) is 0 Å². The van der Waals surface area contributed by atoms with Crippen LogP contribution < -0.4 is 0 Å². The monoisotopic (exact) mass is 753 g/mol. The van der Waals surface area contributed by atoms with E-state index in [2.05, 4.69) is 176 Å². The third kappa shape index (κ3) is 6.24. The Hall–Kier alpha value is -7.95. The Balaban J connectivity index is 1.01. The molecule has 2 heterocycles. The first-order valence-corrected chi connectivity index (χ1v) is 19.9. The molecule has 4 nitrogen and oxygen atoms in total. The van der Waals surface area contributed by atoms with Gasteiger partial charge >= 0.3 is 0 Å². The van der Waals surface area contributed by atoms with Crippen molar-refractivity contribution in [3.63, 3.8) is 0 Å². The molecule has 4 heteroatoms. The first-order chi connectivity index (χ1) is 29.2. The first-order valence-electron chi connectivity index (χ1n) is 19.9. The van der Waals surface area contributed by atoms with Crippen molar-refractivity contribution < 1.29 is 4.42 Å². The number of nitrogens with zero attached hydrogens (tertiary/aromatic N) is 3. The molecule has 0 aliphatic carbocycles. The maximum atomic E-state index is 6.91. The van der Waals surface area contributed by atoms with Gasteiger partial charge in [0, 0.05) is 38.4 Å². The van der Waals surface area contributed by atoms with Crippen LogP contribution in [0.25, 0.3) is 111 Å². The van der Waals surface area contributed by atoms with Gasteiger partial charge in [0.25, 0.3) is 0 Å². The smallest absolute Gasteiger partial charge is 0.164 e. The molecule has 0 atom stereocenters. The van der Waals surface area contributed by atoms with Crippen LogP contribution in [0.15, 0.2) is 217 Å². The molecule has 0 aliphatic heterocycles. The molecule has 0 radical (unpaired) electrons. The molecular weight excluding hydrogens is 719 g/mol. The minimum Gasteiger partial charge on any atom is -0.455 e. The molecular formula is C55H35N3O. The second kappa shape index (κ2) is 14.5. The van der Waals surface area contributed by atoms with E-state index >= 15 is 0 Å². The Labute approximate surface area is 341 Å². The topological polar surface area (TPSA) is 51.8 Å². The Bertz CT molecular complexity index is 3280. The van der Waals surface area contributed by atoms with Gasteiger partial charge in [-0.3, -0.25) is 0 Å². The molecule has 0 saturated heterocycles. The largest absolute Gasteiger partial charge is 0.455 e. The highest BCUT2D eigenvalue weighted by molar-refractivity contribution is 6.21. The fourth-order valence-corrected chi connectivity index (χ4v) is 8.25. The molecule has 9 aromatic carbocycles. The lowest BCUT2D eigenvalue weighted by molar-refractivity contribution is 0.674. The van der Waals surface area contributed by atoms with Crippen molar-refractivity contribution in [1.29, 1.82) is 0 Å². The van der Waals surface area contributed by atoms with E-state index in [0.29, 0.717) is 17.5 Å². The fraction of sp³-hybridized carbons (Fsp3) is 0. The van der Waals surface area contributed by atoms with Gasteiger partial charge in [-0.15, -0.1) is 0 Å². The Kier molecular flexibility index (Phi) is 8.45. The van der Waals surface area contributed by atoms with Crippen LogP contribution in [0.5, 0.6) is 0 Å². The molecule has 0 unspecified atom stereocenters. The maximum Gasteiger partial charge on any atom is 0.164 e. The van der Waals surface area contributed by atoms with Gasteiger partial charge < -0.3 is 4.42 Å². The quantitative estimate of drug-likeness (QED) is 0.163. The standard InChI is InChI=1S/C55H35N3O/c1-4-15-36(16-5-1)37-27-31-41(32-28-37)54-56-53(40-19-8-3-9-20-40)57-55(58-54)42-33-29-39(30-34-42)49-35-50-48-26-14-25-47(51(48)59-52(50)46-24-13-12-23-45(46)49)44-22-11-10-21-43(44)38-17-6-2-7-18-38/h1-35H. The van der Waals surface area contributed by atoms with Crippen LogP contribution in [0.4, 0.5) is 0 Å². The molecule has 0 saturated carbocycles.